The first kappa shape index (κ1) is 25.3. The SMILES string of the molecule is N=COC(=N)c1ccc(Cl)cc1-c1ccn(C(CCO)C(=O)Nc2ccc(C(=O)O)cc2)c(=O)c1. The molecule has 35 heavy (non-hydrogen) atoms. The molecule has 1 amide bonds. The predicted octanol–water partition coefficient (Wildman–Crippen LogP) is 3.38. The van der Waals surface area contributed by atoms with Crippen LogP contribution in [0.4, 0.5) is 5.69 Å². The first-order chi connectivity index (χ1) is 16.7. The van der Waals surface area contributed by atoms with Crippen molar-refractivity contribution in [2.75, 3.05) is 11.9 Å². The van der Waals surface area contributed by atoms with Gasteiger partial charge in [-0.2, -0.15) is 0 Å². The van der Waals surface area contributed by atoms with Crippen LogP contribution in [-0.2, 0) is 9.53 Å². The van der Waals surface area contributed by atoms with Crippen LogP contribution in [0.5, 0.6) is 0 Å². The highest BCUT2D eigenvalue weighted by molar-refractivity contribution is 6.31. The summed E-state index contributed by atoms with van der Waals surface area (Å²) >= 11 is 6.10. The van der Waals surface area contributed by atoms with Gasteiger partial charge in [-0.25, -0.2) is 4.79 Å². The minimum atomic E-state index is -1.10. The number of pyridine rings is 1. The molecule has 2 aromatic carbocycles. The topological polar surface area (TPSA) is 166 Å². The third-order valence-electron chi connectivity index (χ3n) is 5.10. The summed E-state index contributed by atoms with van der Waals surface area (Å²) < 4.78 is 6.02. The number of carbonyl (C=O) groups excluding carboxylic acids is 1. The predicted molar refractivity (Wildman–Crippen MR) is 131 cm³/mol. The summed E-state index contributed by atoms with van der Waals surface area (Å²) in [7, 11) is 0. The van der Waals surface area contributed by atoms with E-state index in [-0.39, 0.29) is 24.5 Å². The fourth-order valence-corrected chi connectivity index (χ4v) is 3.60. The quantitative estimate of drug-likeness (QED) is 0.225. The largest absolute Gasteiger partial charge is 0.478 e. The van der Waals surface area contributed by atoms with Gasteiger partial charge in [-0.1, -0.05) is 11.6 Å². The lowest BCUT2D eigenvalue weighted by molar-refractivity contribution is -0.119. The van der Waals surface area contributed by atoms with Crippen LogP contribution in [0.25, 0.3) is 11.1 Å². The molecule has 0 saturated heterocycles. The van der Waals surface area contributed by atoms with Crippen molar-refractivity contribution in [2.45, 2.75) is 12.5 Å². The molecule has 10 nitrogen and oxygen atoms in total. The summed E-state index contributed by atoms with van der Waals surface area (Å²) in [5, 5.41) is 36.5. The van der Waals surface area contributed by atoms with Gasteiger partial charge in [0.2, 0.25) is 11.8 Å². The maximum atomic E-state index is 13.0. The standard InChI is InChI=1S/C24H21ClN4O6/c25-16-3-6-18(22(27)35-13-26)19(12-16)15-7-9-29(21(31)11-15)20(8-10-30)23(32)28-17-4-1-14(2-5-17)24(33)34/h1-7,9,11-13,20,26-27,30H,8,10H2,(H,28,32)(H,33,34). The summed E-state index contributed by atoms with van der Waals surface area (Å²) in [6.07, 6.45) is 1.97. The number of aliphatic hydroxyl groups is 1. The number of aromatic carboxylic acids is 1. The molecule has 0 saturated carbocycles. The van der Waals surface area contributed by atoms with E-state index in [1.165, 1.54) is 47.2 Å². The Bertz CT molecular complexity index is 1340. The highest BCUT2D eigenvalue weighted by atomic mass is 35.5. The van der Waals surface area contributed by atoms with Crippen molar-refractivity contribution < 1.29 is 24.5 Å². The first-order valence-electron chi connectivity index (χ1n) is 10.3. The molecule has 3 rings (SSSR count). The van der Waals surface area contributed by atoms with Gasteiger partial charge in [0.1, 0.15) is 6.04 Å². The van der Waals surface area contributed by atoms with Gasteiger partial charge < -0.3 is 24.8 Å². The third-order valence-corrected chi connectivity index (χ3v) is 5.34. The summed E-state index contributed by atoms with van der Waals surface area (Å²) in [6.45, 7) is -0.360. The Balaban J connectivity index is 1.93. The molecule has 180 valence electrons. The Kier molecular flexibility index (Phi) is 8.13. The fourth-order valence-electron chi connectivity index (χ4n) is 3.43. The van der Waals surface area contributed by atoms with Crippen LogP contribution < -0.4 is 10.9 Å². The molecule has 0 aliphatic carbocycles. The van der Waals surface area contributed by atoms with Gasteiger partial charge in [0.25, 0.3) is 5.56 Å². The highest BCUT2D eigenvalue weighted by Crippen LogP contribution is 2.27. The monoisotopic (exact) mass is 496 g/mol. The van der Waals surface area contributed by atoms with E-state index in [1.54, 1.807) is 18.2 Å². The number of halogens is 1. The average Bonchev–Trinajstić information content (AvgIpc) is 2.83. The molecule has 1 atom stereocenters. The number of carbonyl (C=O) groups is 2. The highest BCUT2D eigenvalue weighted by Gasteiger charge is 2.22. The molecule has 11 heteroatoms. The van der Waals surface area contributed by atoms with Gasteiger partial charge in [-0.3, -0.25) is 20.4 Å². The molecule has 0 aliphatic rings. The lowest BCUT2D eigenvalue weighted by atomic mass is 10.00. The van der Waals surface area contributed by atoms with E-state index < -0.39 is 23.5 Å². The van der Waals surface area contributed by atoms with Crippen molar-refractivity contribution in [3.63, 3.8) is 0 Å². The van der Waals surface area contributed by atoms with E-state index in [0.29, 0.717) is 33.8 Å². The molecule has 0 radical (unpaired) electrons. The molecule has 3 aromatic rings. The summed E-state index contributed by atoms with van der Waals surface area (Å²) in [4.78, 5) is 36.9. The van der Waals surface area contributed by atoms with Crippen molar-refractivity contribution >= 4 is 41.5 Å². The van der Waals surface area contributed by atoms with Crippen molar-refractivity contribution in [3.05, 3.63) is 87.3 Å². The lowest BCUT2D eigenvalue weighted by Gasteiger charge is -2.19. The molecule has 1 aromatic heterocycles. The number of benzene rings is 2. The van der Waals surface area contributed by atoms with Gasteiger partial charge in [-0.15, -0.1) is 0 Å². The van der Waals surface area contributed by atoms with Crippen LogP contribution in [0.2, 0.25) is 5.02 Å². The number of hydrogen-bond donors (Lipinski definition) is 5. The summed E-state index contributed by atoms with van der Waals surface area (Å²) in [6, 6.07) is 11.9. The third kappa shape index (κ3) is 5.99. The number of carboxylic acid groups (broad SMARTS) is 1. The van der Waals surface area contributed by atoms with E-state index in [1.807, 2.05) is 0 Å². The summed E-state index contributed by atoms with van der Waals surface area (Å²) in [5.41, 5.74) is 0.999. The number of aliphatic hydroxyl groups excluding tert-OH is 1. The molecular weight excluding hydrogens is 476 g/mol. The van der Waals surface area contributed by atoms with Gasteiger partial charge in [-0.05, 0) is 59.7 Å². The Morgan fingerprint density at radius 3 is 2.46 bits per heavy atom. The van der Waals surface area contributed by atoms with Gasteiger partial charge in [0.05, 0.1) is 5.56 Å². The number of rotatable bonds is 9. The van der Waals surface area contributed by atoms with E-state index in [2.05, 4.69) is 5.32 Å². The zero-order valence-electron chi connectivity index (χ0n) is 18.2. The second-order valence-corrected chi connectivity index (χ2v) is 7.75. The number of nitrogens with one attached hydrogen (secondary N) is 3. The van der Waals surface area contributed by atoms with Crippen LogP contribution in [0, 0.1) is 10.8 Å². The maximum Gasteiger partial charge on any atom is 0.335 e. The van der Waals surface area contributed by atoms with Crippen molar-refractivity contribution in [1.29, 1.82) is 10.8 Å². The molecular formula is C24H21ClN4O6. The number of hydrogen-bond acceptors (Lipinski definition) is 7. The van der Waals surface area contributed by atoms with Crippen LogP contribution >= 0.6 is 11.6 Å². The van der Waals surface area contributed by atoms with E-state index in [0.717, 1.165) is 0 Å². The molecule has 5 N–H and O–H groups in total. The zero-order valence-corrected chi connectivity index (χ0v) is 19.0. The Hall–Kier alpha value is -4.28. The minimum absolute atomic E-state index is 0.0431. The molecule has 0 bridgehead atoms. The first-order valence-corrected chi connectivity index (χ1v) is 10.6. The van der Waals surface area contributed by atoms with Gasteiger partial charge >= 0.3 is 5.97 Å². The van der Waals surface area contributed by atoms with Crippen LogP contribution in [0.3, 0.4) is 0 Å². The van der Waals surface area contributed by atoms with E-state index in [4.69, 9.17) is 32.3 Å². The molecule has 1 heterocycles. The van der Waals surface area contributed by atoms with Crippen molar-refractivity contribution in [1.82, 2.24) is 4.57 Å². The van der Waals surface area contributed by atoms with Gasteiger partial charge in [0.15, 0.2) is 6.40 Å². The smallest absolute Gasteiger partial charge is 0.335 e. The molecule has 0 fully saturated rings. The van der Waals surface area contributed by atoms with Crippen molar-refractivity contribution in [2.24, 2.45) is 0 Å². The number of nitrogens with zero attached hydrogens (tertiary/aromatic N) is 1. The number of carboxylic acids is 1. The van der Waals surface area contributed by atoms with Crippen LogP contribution in [0.15, 0.2) is 65.6 Å². The Labute approximate surface area is 204 Å². The van der Waals surface area contributed by atoms with Crippen LogP contribution in [-0.4, -0.2) is 45.6 Å². The van der Waals surface area contributed by atoms with Crippen molar-refractivity contribution in [3.8, 4) is 11.1 Å². The molecule has 0 aliphatic heterocycles. The van der Waals surface area contributed by atoms with Crippen LogP contribution in [0.1, 0.15) is 28.4 Å². The number of anilines is 1. The zero-order chi connectivity index (χ0) is 25.5. The minimum Gasteiger partial charge on any atom is -0.478 e. The van der Waals surface area contributed by atoms with E-state index >= 15 is 0 Å². The average molecular weight is 497 g/mol. The number of aromatic nitrogens is 1. The Morgan fingerprint density at radius 1 is 1.14 bits per heavy atom. The molecule has 1 unspecified atom stereocenters. The second kappa shape index (κ2) is 11.2. The number of amides is 1. The Morgan fingerprint density at radius 2 is 1.86 bits per heavy atom. The summed E-state index contributed by atoms with van der Waals surface area (Å²) in [5.74, 6) is -1.97. The van der Waals surface area contributed by atoms with E-state index in [9.17, 15) is 19.5 Å². The normalized spacial score (nSPS) is 11.4. The second-order valence-electron chi connectivity index (χ2n) is 7.32. The number of ether oxygens (including phenoxy) is 1. The maximum absolute atomic E-state index is 13.0. The lowest BCUT2D eigenvalue weighted by Crippen LogP contribution is -2.33. The molecule has 0 spiro atoms. The van der Waals surface area contributed by atoms with Gasteiger partial charge in [0, 0.05) is 41.6 Å². The fraction of sp³-hybridized carbons (Fsp3) is 0.125.